The summed E-state index contributed by atoms with van der Waals surface area (Å²) in [6.45, 7) is 3.27. The molecule has 0 unspecified atom stereocenters. The highest BCUT2D eigenvalue weighted by Crippen LogP contribution is 2.10. The number of rotatable bonds is 1. The highest BCUT2D eigenvalue weighted by atomic mass is 16.6. The summed E-state index contributed by atoms with van der Waals surface area (Å²) in [6.07, 6.45) is 1.86. The fourth-order valence-electron chi connectivity index (χ4n) is 1.72. The van der Waals surface area contributed by atoms with Crippen molar-refractivity contribution in [1.82, 2.24) is 20.5 Å². The first-order chi connectivity index (χ1) is 7.79. The first-order valence-electron chi connectivity index (χ1n) is 5.37. The number of nitrogens with one attached hydrogen (secondary N) is 1. The quantitative estimate of drug-likeness (QED) is 0.667. The van der Waals surface area contributed by atoms with Crippen molar-refractivity contribution < 1.29 is 9.42 Å². The lowest BCUT2D eigenvalue weighted by atomic mass is 10.2. The fourth-order valence-corrected chi connectivity index (χ4v) is 1.72. The van der Waals surface area contributed by atoms with Gasteiger partial charge in [0.15, 0.2) is 0 Å². The lowest BCUT2D eigenvalue weighted by Crippen LogP contribution is -2.38. The average molecular weight is 225 g/mol. The summed E-state index contributed by atoms with van der Waals surface area (Å²) in [5.41, 5.74) is 5.61. The minimum atomic E-state index is -0.194. The Morgan fingerprint density at radius 3 is 2.56 bits per heavy atom. The summed E-state index contributed by atoms with van der Waals surface area (Å²) in [4.78, 5) is 13.8. The standard InChI is InChI=1S/C9H15N5O2/c10-8-7(12-16-13-8)9(15)14-5-1-3-11-4-2-6-14/h11H,1-6H2,(H2,10,13). The van der Waals surface area contributed by atoms with Gasteiger partial charge in [0.2, 0.25) is 11.5 Å². The Balaban J connectivity index is 2.05. The minimum absolute atomic E-state index is 0.0604. The second-order valence-corrected chi connectivity index (χ2v) is 3.75. The largest absolute Gasteiger partial charge is 0.379 e. The van der Waals surface area contributed by atoms with Crippen LogP contribution in [-0.2, 0) is 0 Å². The first kappa shape index (κ1) is 10.9. The zero-order valence-corrected chi connectivity index (χ0v) is 8.98. The average Bonchev–Trinajstić information content (AvgIpc) is 2.63. The third-order valence-electron chi connectivity index (χ3n) is 2.57. The molecule has 0 saturated carbocycles. The van der Waals surface area contributed by atoms with Gasteiger partial charge in [-0.2, -0.15) is 0 Å². The summed E-state index contributed by atoms with van der Waals surface area (Å²) in [7, 11) is 0. The molecule has 0 spiro atoms. The van der Waals surface area contributed by atoms with Gasteiger partial charge in [-0.25, -0.2) is 4.63 Å². The zero-order valence-electron chi connectivity index (χ0n) is 8.98. The van der Waals surface area contributed by atoms with Crippen LogP contribution in [0.25, 0.3) is 0 Å². The topological polar surface area (TPSA) is 97.3 Å². The third kappa shape index (κ3) is 2.30. The number of carbonyl (C=O) groups is 1. The molecule has 0 radical (unpaired) electrons. The van der Waals surface area contributed by atoms with Crippen molar-refractivity contribution in [2.75, 3.05) is 31.9 Å². The lowest BCUT2D eigenvalue weighted by Gasteiger charge is -2.24. The molecular weight excluding hydrogens is 210 g/mol. The molecule has 2 heterocycles. The SMILES string of the molecule is Nc1nonc1C(=O)N1CCCNCCC1. The van der Waals surface area contributed by atoms with Crippen molar-refractivity contribution in [3.05, 3.63) is 5.69 Å². The van der Waals surface area contributed by atoms with Crippen LogP contribution in [-0.4, -0.2) is 47.3 Å². The van der Waals surface area contributed by atoms with Gasteiger partial charge in [-0.15, -0.1) is 0 Å². The summed E-state index contributed by atoms with van der Waals surface area (Å²) < 4.78 is 4.43. The van der Waals surface area contributed by atoms with E-state index in [1.165, 1.54) is 0 Å². The molecule has 1 aromatic heterocycles. The van der Waals surface area contributed by atoms with Gasteiger partial charge in [-0.05, 0) is 36.2 Å². The highest BCUT2D eigenvalue weighted by Gasteiger charge is 2.22. The molecule has 16 heavy (non-hydrogen) atoms. The molecular formula is C9H15N5O2. The first-order valence-corrected chi connectivity index (χ1v) is 5.37. The number of hydrogen-bond acceptors (Lipinski definition) is 6. The van der Waals surface area contributed by atoms with Gasteiger partial charge in [0.1, 0.15) is 0 Å². The number of nitrogens with zero attached hydrogens (tertiary/aromatic N) is 3. The van der Waals surface area contributed by atoms with Crippen molar-refractivity contribution in [2.24, 2.45) is 0 Å². The molecule has 1 aliphatic heterocycles. The van der Waals surface area contributed by atoms with E-state index in [0.29, 0.717) is 13.1 Å². The van der Waals surface area contributed by atoms with Crippen LogP contribution in [0.1, 0.15) is 23.3 Å². The van der Waals surface area contributed by atoms with E-state index in [4.69, 9.17) is 5.73 Å². The van der Waals surface area contributed by atoms with Crippen molar-refractivity contribution in [3.8, 4) is 0 Å². The maximum absolute atomic E-state index is 12.0. The van der Waals surface area contributed by atoms with Crippen LogP contribution in [0.2, 0.25) is 0 Å². The van der Waals surface area contributed by atoms with Crippen LogP contribution in [0.3, 0.4) is 0 Å². The van der Waals surface area contributed by atoms with Gasteiger partial charge < -0.3 is 16.0 Å². The Labute approximate surface area is 92.9 Å². The Morgan fingerprint density at radius 2 is 2.00 bits per heavy atom. The van der Waals surface area contributed by atoms with Crippen LogP contribution in [0, 0.1) is 0 Å². The second-order valence-electron chi connectivity index (χ2n) is 3.75. The van der Waals surface area contributed by atoms with E-state index in [-0.39, 0.29) is 17.4 Å². The monoisotopic (exact) mass is 225 g/mol. The van der Waals surface area contributed by atoms with Crippen molar-refractivity contribution in [2.45, 2.75) is 12.8 Å². The molecule has 7 heteroatoms. The molecule has 0 aliphatic carbocycles. The molecule has 1 saturated heterocycles. The predicted octanol–water partition coefficient (Wildman–Crippen LogP) is -0.523. The van der Waals surface area contributed by atoms with Crippen LogP contribution in [0.15, 0.2) is 4.63 Å². The Morgan fingerprint density at radius 1 is 1.31 bits per heavy atom. The van der Waals surface area contributed by atoms with Crippen molar-refractivity contribution in [3.63, 3.8) is 0 Å². The van der Waals surface area contributed by atoms with Crippen molar-refractivity contribution in [1.29, 1.82) is 0 Å². The molecule has 2 rings (SSSR count). The van der Waals surface area contributed by atoms with E-state index in [1.807, 2.05) is 0 Å². The molecule has 0 aromatic carbocycles. The Kier molecular flexibility index (Phi) is 3.35. The molecule has 1 aromatic rings. The van der Waals surface area contributed by atoms with Gasteiger partial charge in [0, 0.05) is 13.1 Å². The van der Waals surface area contributed by atoms with Gasteiger partial charge in [0.25, 0.3) is 5.91 Å². The number of carbonyl (C=O) groups excluding carboxylic acids is 1. The highest BCUT2D eigenvalue weighted by molar-refractivity contribution is 5.96. The maximum Gasteiger partial charge on any atom is 0.280 e. The lowest BCUT2D eigenvalue weighted by molar-refractivity contribution is 0.0735. The van der Waals surface area contributed by atoms with Crippen molar-refractivity contribution >= 4 is 11.7 Å². The number of nitrogens with two attached hydrogens (primary N) is 1. The number of hydrogen-bond donors (Lipinski definition) is 2. The zero-order chi connectivity index (χ0) is 11.4. The normalized spacial score (nSPS) is 17.9. The van der Waals surface area contributed by atoms with Crippen LogP contribution in [0.5, 0.6) is 0 Å². The molecule has 7 nitrogen and oxygen atoms in total. The molecule has 1 fully saturated rings. The van der Waals surface area contributed by atoms with E-state index < -0.39 is 0 Å². The number of anilines is 1. The molecule has 3 N–H and O–H groups in total. The van der Waals surface area contributed by atoms with Crippen LogP contribution < -0.4 is 11.1 Å². The van der Waals surface area contributed by atoms with Crippen LogP contribution in [0.4, 0.5) is 5.82 Å². The summed E-state index contributed by atoms with van der Waals surface area (Å²) in [5.74, 6) is -0.133. The van der Waals surface area contributed by atoms with Gasteiger partial charge in [-0.1, -0.05) is 0 Å². The van der Waals surface area contributed by atoms with Gasteiger partial charge in [-0.3, -0.25) is 4.79 Å². The minimum Gasteiger partial charge on any atom is -0.379 e. The maximum atomic E-state index is 12.0. The van der Waals surface area contributed by atoms with E-state index in [0.717, 1.165) is 25.9 Å². The number of amides is 1. The second kappa shape index (κ2) is 4.93. The molecule has 0 atom stereocenters. The van der Waals surface area contributed by atoms with Gasteiger partial charge >= 0.3 is 0 Å². The summed E-state index contributed by atoms with van der Waals surface area (Å²) >= 11 is 0. The third-order valence-corrected chi connectivity index (χ3v) is 2.57. The van der Waals surface area contributed by atoms with Crippen LogP contribution >= 0.6 is 0 Å². The van der Waals surface area contributed by atoms with E-state index >= 15 is 0 Å². The molecule has 0 bridgehead atoms. The fraction of sp³-hybridized carbons (Fsp3) is 0.667. The number of aromatic nitrogens is 2. The summed E-state index contributed by atoms with van der Waals surface area (Å²) in [5, 5.41) is 10.2. The van der Waals surface area contributed by atoms with E-state index in [1.54, 1.807) is 4.90 Å². The molecule has 88 valence electrons. The Bertz CT molecular complexity index is 357. The molecule has 1 amide bonds. The summed E-state index contributed by atoms with van der Waals surface area (Å²) in [6, 6.07) is 0. The smallest absolute Gasteiger partial charge is 0.280 e. The van der Waals surface area contributed by atoms with Gasteiger partial charge in [0.05, 0.1) is 0 Å². The Hall–Kier alpha value is -1.63. The molecule has 1 aliphatic rings. The predicted molar refractivity (Wildman–Crippen MR) is 56.7 cm³/mol. The number of nitrogen functional groups attached to an aromatic ring is 1. The van der Waals surface area contributed by atoms with E-state index in [9.17, 15) is 4.79 Å². The van der Waals surface area contributed by atoms with E-state index in [2.05, 4.69) is 20.3 Å².